The molecule has 3 rings (SSSR count). The van der Waals surface area contributed by atoms with Gasteiger partial charge in [0.1, 0.15) is 6.10 Å². The van der Waals surface area contributed by atoms with Gasteiger partial charge in [0.15, 0.2) is 0 Å². The molecule has 3 aliphatic rings. The van der Waals surface area contributed by atoms with E-state index in [2.05, 4.69) is 10.6 Å². The van der Waals surface area contributed by atoms with E-state index in [4.69, 9.17) is 4.74 Å². The molecule has 3 fully saturated rings. The molecule has 25 heavy (non-hydrogen) atoms. The zero-order valence-electron chi connectivity index (χ0n) is 14.4. The summed E-state index contributed by atoms with van der Waals surface area (Å²) in [6.45, 7) is 2.54. The van der Waals surface area contributed by atoms with Gasteiger partial charge in [-0.2, -0.15) is 0 Å². The standard InChI is InChI=1S/C17H28N2O4S2/c20-10-23-12-3-5-14-16(9-12)25-24-15-8-11(17(21)22)2-4-13(15)18-6-1-7-19-14/h10-16,18-19H,1-9H2,(H,21,22). The van der Waals surface area contributed by atoms with Gasteiger partial charge in [-0.05, 0) is 58.0 Å². The zero-order valence-corrected chi connectivity index (χ0v) is 16.0. The number of hydrogen-bond acceptors (Lipinski definition) is 7. The van der Waals surface area contributed by atoms with E-state index in [0.29, 0.717) is 29.1 Å². The predicted molar refractivity (Wildman–Crippen MR) is 101 cm³/mol. The molecule has 3 N–H and O–H groups in total. The summed E-state index contributed by atoms with van der Waals surface area (Å²) in [7, 11) is 3.71. The molecule has 0 aromatic carbocycles. The van der Waals surface area contributed by atoms with Crippen LogP contribution in [-0.4, -0.2) is 59.3 Å². The van der Waals surface area contributed by atoms with Crippen LogP contribution in [0.3, 0.4) is 0 Å². The third-order valence-corrected chi connectivity index (χ3v) is 9.07. The average Bonchev–Trinajstić information content (AvgIpc) is 2.64. The summed E-state index contributed by atoms with van der Waals surface area (Å²) < 4.78 is 5.22. The van der Waals surface area contributed by atoms with Gasteiger partial charge in [-0.1, -0.05) is 21.6 Å². The summed E-state index contributed by atoms with van der Waals surface area (Å²) in [6.07, 6.45) is 6.37. The summed E-state index contributed by atoms with van der Waals surface area (Å²) in [4.78, 5) is 22.1. The average molecular weight is 389 g/mol. The minimum Gasteiger partial charge on any atom is -0.481 e. The molecule has 8 heteroatoms. The minimum absolute atomic E-state index is 0.0193. The van der Waals surface area contributed by atoms with Crippen LogP contribution in [0.15, 0.2) is 0 Å². The molecular weight excluding hydrogens is 360 g/mol. The lowest BCUT2D eigenvalue weighted by Gasteiger charge is -2.37. The van der Waals surface area contributed by atoms with Gasteiger partial charge < -0.3 is 20.5 Å². The minimum atomic E-state index is -0.657. The number of carbonyl (C=O) groups is 2. The summed E-state index contributed by atoms with van der Waals surface area (Å²) in [5, 5.41) is 17.4. The maximum absolute atomic E-state index is 11.4. The van der Waals surface area contributed by atoms with E-state index in [1.54, 1.807) is 0 Å². The van der Waals surface area contributed by atoms with Crippen LogP contribution in [0.5, 0.6) is 0 Å². The van der Waals surface area contributed by atoms with Crippen molar-refractivity contribution in [2.45, 2.75) is 73.6 Å². The number of carboxylic acids is 1. The third kappa shape index (κ3) is 5.28. The number of carbonyl (C=O) groups excluding carboxylic acids is 1. The fourth-order valence-corrected chi connectivity index (χ4v) is 7.89. The number of ether oxygens (including phenoxy) is 1. The Balaban J connectivity index is 1.65. The van der Waals surface area contributed by atoms with E-state index in [-0.39, 0.29) is 12.0 Å². The highest BCUT2D eigenvalue weighted by molar-refractivity contribution is 8.77. The van der Waals surface area contributed by atoms with E-state index < -0.39 is 5.97 Å². The number of fused-ring (bicyclic) bond motifs is 2. The van der Waals surface area contributed by atoms with Gasteiger partial charge in [-0.15, -0.1) is 0 Å². The predicted octanol–water partition coefficient (Wildman–Crippen LogP) is 2.04. The number of rotatable bonds is 3. The number of nitrogens with one attached hydrogen (secondary N) is 2. The second-order valence-electron chi connectivity index (χ2n) is 7.26. The Morgan fingerprint density at radius 1 is 1.00 bits per heavy atom. The molecule has 6 nitrogen and oxygen atoms in total. The van der Waals surface area contributed by atoms with Crippen LogP contribution in [0.25, 0.3) is 0 Å². The summed E-state index contributed by atoms with van der Waals surface area (Å²) in [5.41, 5.74) is 0. The van der Waals surface area contributed by atoms with E-state index >= 15 is 0 Å². The number of carboxylic acid groups (broad SMARTS) is 1. The van der Waals surface area contributed by atoms with Crippen molar-refractivity contribution >= 4 is 34.0 Å². The maximum atomic E-state index is 11.4. The second-order valence-corrected chi connectivity index (χ2v) is 10.0. The molecule has 2 aliphatic carbocycles. The van der Waals surface area contributed by atoms with Gasteiger partial charge in [0, 0.05) is 22.6 Å². The third-order valence-electron chi connectivity index (χ3n) is 5.60. The van der Waals surface area contributed by atoms with Crippen molar-refractivity contribution in [3.63, 3.8) is 0 Å². The summed E-state index contributed by atoms with van der Waals surface area (Å²) in [6, 6.07) is 0.842. The van der Waals surface area contributed by atoms with E-state index in [1.807, 2.05) is 21.6 Å². The Kier molecular flexibility index (Phi) is 7.33. The smallest absolute Gasteiger partial charge is 0.306 e. The molecule has 0 radical (unpaired) electrons. The van der Waals surface area contributed by atoms with Crippen LogP contribution in [0, 0.1) is 5.92 Å². The van der Waals surface area contributed by atoms with Crippen molar-refractivity contribution in [2.24, 2.45) is 5.92 Å². The molecule has 1 saturated heterocycles. The van der Waals surface area contributed by atoms with E-state index in [1.165, 1.54) is 0 Å². The molecule has 2 saturated carbocycles. The zero-order chi connectivity index (χ0) is 17.6. The monoisotopic (exact) mass is 388 g/mol. The van der Waals surface area contributed by atoms with E-state index in [0.717, 1.165) is 58.0 Å². The lowest BCUT2D eigenvalue weighted by molar-refractivity contribution is -0.142. The molecule has 6 unspecified atom stereocenters. The molecular formula is C17H28N2O4S2. The van der Waals surface area contributed by atoms with Gasteiger partial charge in [0.05, 0.1) is 5.92 Å². The number of aliphatic carboxylic acids is 1. The van der Waals surface area contributed by atoms with Crippen LogP contribution in [0.1, 0.15) is 44.9 Å². The first-order chi connectivity index (χ1) is 12.2. The topological polar surface area (TPSA) is 87.7 Å². The highest BCUT2D eigenvalue weighted by atomic mass is 33.1. The summed E-state index contributed by atoms with van der Waals surface area (Å²) >= 11 is 0. The largest absolute Gasteiger partial charge is 0.481 e. The highest BCUT2D eigenvalue weighted by Gasteiger charge is 2.37. The van der Waals surface area contributed by atoms with Crippen molar-refractivity contribution in [3.05, 3.63) is 0 Å². The highest BCUT2D eigenvalue weighted by Crippen LogP contribution is 2.44. The second kappa shape index (κ2) is 9.48. The molecule has 0 aromatic heterocycles. The van der Waals surface area contributed by atoms with Gasteiger partial charge in [0.25, 0.3) is 6.47 Å². The van der Waals surface area contributed by atoms with Crippen molar-refractivity contribution in [2.75, 3.05) is 13.1 Å². The van der Waals surface area contributed by atoms with Gasteiger partial charge in [0.2, 0.25) is 0 Å². The quantitative estimate of drug-likeness (QED) is 0.500. The van der Waals surface area contributed by atoms with Crippen LogP contribution in [0.2, 0.25) is 0 Å². The van der Waals surface area contributed by atoms with Gasteiger partial charge in [-0.25, -0.2) is 0 Å². The van der Waals surface area contributed by atoms with Crippen LogP contribution in [0.4, 0.5) is 0 Å². The first-order valence-corrected chi connectivity index (χ1v) is 11.6. The van der Waals surface area contributed by atoms with Crippen LogP contribution in [-0.2, 0) is 14.3 Å². The van der Waals surface area contributed by atoms with Crippen molar-refractivity contribution in [1.29, 1.82) is 0 Å². The van der Waals surface area contributed by atoms with Crippen LogP contribution < -0.4 is 10.6 Å². The lowest BCUT2D eigenvalue weighted by Crippen LogP contribution is -2.44. The SMILES string of the molecule is O=COC1CCC2NCCCNC3CCC(C(=O)O)CC3SSC2C1. The van der Waals surface area contributed by atoms with Crippen molar-refractivity contribution < 1.29 is 19.4 Å². The van der Waals surface area contributed by atoms with E-state index in [9.17, 15) is 14.7 Å². The Hall–Kier alpha value is -0.440. The fraction of sp³-hybridized carbons (Fsp3) is 0.882. The molecule has 0 bridgehead atoms. The van der Waals surface area contributed by atoms with Crippen LogP contribution >= 0.6 is 21.6 Å². The Morgan fingerprint density at radius 2 is 1.64 bits per heavy atom. The van der Waals surface area contributed by atoms with Gasteiger partial charge >= 0.3 is 5.97 Å². The van der Waals surface area contributed by atoms with Crippen molar-refractivity contribution in [3.8, 4) is 0 Å². The fourth-order valence-electron chi connectivity index (χ4n) is 4.13. The molecule has 142 valence electrons. The maximum Gasteiger partial charge on any atom is 0.306 e. The normalized spacial score (nSPS) is 40.0. The molecule has 0 amide bonds. The Labute approximate surface area is 157 Å². The Bertz CT molecular complexity index is 468. The first-order valence-electron chi connectivity index (χ1n) is 9.28. The first kappa shape index (κ1) is 19.3. The molecule has 6 atom stereocenters. The summed E-state index contributed by atoms with van der Waals surface area (Å²) in [5.74, 6) is -0.872. The van der Waals surface area contributed by atoms with Crippen molar-refractivity contribution in [1.82, 2.24) is 10.6 Å². The number of hydrogen-bond donors (Lipinski definition) is 3. The molecule has 1 aliphatic heterocycles. The molecule has 0 spiro atoms. The lowest BCUT2D eigenvalue weighted by atomic mass is 9.85. The Morgan fingerprint density at radius 3 is 2.28 bits per heavy atom. The molecule has 1 heterocycles. The van der Waals surface area contributed by atoms with Gasteiger partial charge in [-0.3, -0.25) is 9.59 Å². The molecule has 0 aromatic rings.